The van der Waals surface area contributed by atoms with Crippen LogP contribution in [0.25, 0.3) is 11.0 Å². The van der Waals surface area contributed by atoms with Gasteiger partial charge in [-0.3, -0.25) is 5.10 Å². The maximum atomic E-state index is 11.6. The molecule has 2 aromatic heterocycles. The second kappa shape index (κ2) is 7.53. The summed E-state index contributed by atoms with van der Waals surface area (Å²) in [6, 6.07) is 14.7. The zero-order valence-electron chi connectivity index (χ0n) is 15.3. The van der Waals surface area contributed by atoms with Gasteiger partial charge in [0, 0.05) is 25.0 Å². The van der Waals surface area contributed by atoms with Crippen LogP contribution in [0.1, 0.15) is 23.1 Å². The van der Waals surface area contributed by atoms with E-state index in [1.165, 1.54) is 16.7 Å². The number of imidazole rings is 1. The van der Waals surface area contributed by atoms with Crippen molar-refractivity contribution in [2.45, 2.75) is 26.3 Å². The molecule has 0 saturated heterocycles. The monoisotopic (exact) mass is 361 g/mol. The number of aromatic amines is 3. The Hall–Kier alpha value is -3.28. The molecule has 0 spiro atoms. The van der Waals surface area contributed by atoms with Crippen LogP contribution in [-0.2, 0) is 13.0 Å². The summed E-state index contributed by atoms with van der Waals surface area (Å²) in [5.74, 6) is 0. The van der Waals surface area contributed by atoms with Gasteiger partial charge in [-0.1, -0.05) is 29.8 Å². The average molecular weight is 361 g/mol. The van der Waals surface area contributed by atoms with Gasteiger partial charge in [0.25, 0.3) is 0 Å². The largest absolute Gasteiger partial charge is 0.367 e. The van der Waals surface area contributed by atoms with Crippen molar-refractivity contribution in [1.29, 1.82) is 0 Å². The first-order chi connectivity index (χ1) is 13.2. The van der Waals surface area contributed by atoms with Gasteiger partial charge in [0.1, 0.15) is 0 Å². The molecule has 6 heteroatoms. The molecule has 0 saturated carbocycles. The van der Waals surface area contributed by atoms with Gasteiger partial charge in [-0.05, 0) is 49.1 Å². The number of fused-ring (bicyclic) bond motifs is 1. The van der Waals surface area contributed by atoms with E-state index in [2.05, 4.69) is 62.3 Å². The minimum Gasteiger partial charge on any atom is -0.367 e. The van der Waals surface area contributed by atoms with Gasteiger partial charge in [0.15, 0.2) is 0 Å². The van der Waals surface area contributed by atoms with Crippen LogP contribution < -0.4 is 10.6 Å². The summed E-state index contributed by atoms with van der Waals surface area (Å²) >= 11 is 0. The molecule has 2 heterocycles. The van der Waals surface area contributed by atoms with Crippen molar-refractivity contribution in [1.82, 2.24) is 20.2 Å². The van der Waals surface area contributed by atoms with Crippen molar-refractivity contribution in [3.63, 3.8) is 0 Å². The van der Waals surface area contributed by atoms with Crippen LogP contribution in [0.15, 0.2) is 59.7 Å². The third-order valence-corrected chi connectivity index (χ3v) is 4.77. The average Bonchev–Trinajstić information content (AvgIpc) is 3.28. The lowest BCUT2D eigenvalue weighted by molar-refractivity contribution is 0.728. The molecule has 0 aliphatic heterocycles. The predicted octanol–water partition coefficient (Wildman–Crippen LogP) is 3.53. The van der Waals surface area contributed by atoms with Crippen molar-refractivity contribution in [2.75, 3.05) is 11.4 Å². The van der Waals surface area contributed by atoms with Gasteiger partial charge in [-0.2, -0.15) is 5.10 Å². The summed E-state index contributed by atoms with van der Waals surface area (Å²) in [5, 5.41) is 6.88. The molecule has 0 aliphatic rings. The SMILES string of the molecule is Cc1cccc(CN(CCCc2cn[nH]c2)c2ccc3[nH]c(=O)[nH]c3c2)c1. The maximum absolute atomic E-state index is 11.6. The van der Waals surface area contributed by atoms with Crippen molar-refractivity contribution >= 4 is 16.7 Å². The number of rotatable bonds is 7. The number of aromatic nitrogens is 4. The Kier molecular flexibility index (Phi) is 4.78. The standard InChI is InChI=1S/C21H23N5O/c1-15-4-2-5-16(10-15)14-26(9-3-6-17-12-22-23-13-17)18-7-8-19-20(11-18)25-21(27)24-19/h2,4-5,7-8,10-13H,3,6,9,14H2,1H3,(H,22,23)(H2,24,25,27). The first-order valence-corrected chi connectivity index (χ1v) is 9.17. The van der Waals surface area contributed by atoms with Gasteiger partial charge < -0.3 is 14.9 Å². The molecule has 3 N–H and O–H groups in total. The van der Waals surface area contributed by atoms with Crippen LogP contribution in [0.2, 0.25) is 0 Å². The number of aryl methyl sites for hydroxylation is 2. The highest BCUT2D eigenvalue weighted by atomic mass is 16.1. The fourth-order valence-corrected chi connectivity index (χ4v) is 3.44. The van der Waals surface area contributed by atoms with Crippen molar-refractivity contribution in [3.05, 3.63) is 82.0 Å². The van der Waals surface area contributed by atoms with Crippen LogP contribution in [0.4, 0.5) is 5.69 Å². The quantitative estimate of drug-likeness (QED) is 0.471. The number of hydrogen-bond donors (Lipinski definition) is 3. The smallest absolute Gasteiger partial charge is 0.323 e. The second-order valence-corrected chi connectivity index (χ2v) is 6.93. The summed E-state index contributed by atoms with van der Waals surface area (Å²) in [6.07, 6.45) is 5.82. The van der Waals surface area contributed by atoms with E-state index in [0.29, 0.717) is 0 Å². The Balaban J connectivity index is 1.57. The van der Waals surface area contributed by atoms with E-state index in [4.69, 9.17) is 0 Å². The van der Waals surface area contributed by atoms with Crippen LogP contribution >= 0.6 is 0 Å². The number of hydrogen-bond acceptors (Lipinski definition) is 3. The molecule has 0 radical (unpaired) electrons. The number of H-pyrrole nitrogens is 3. The third kappa shape index (κ3) is 4.11. The van der Waals surface area contributed by atoms with Gasteiger partial charge in [-0.25, -0.2) is 4.79 Å². The number of benzene rings is 2. The Morgan fingerprint density at radius 3 is 2.74 bits per heavy atom. The van der Waals surface area contributed by atoms with E-state index in [9.17, 15) is 4.79 Å². The molecule has 0 aliphatic carbocycles. The van der Waals surface area contributed by atoms with Crippen LogP contribution in [0.3, 0.4) is 0 Å². The van der Waals surface area contributed by atoms with Crippen molar-refractivity contribution in [2.24, 2.45) is 0 Å². The second-order valence-electron chi connectivity index (χ2n) is 6.93. The zero-order chi connectivity index (χ0) is 18.6. The maximum Gasteiger partial charge on any atom is 0.323 e. The molecule has 0 amide bonds. The lowest BCUT2D eigenvalue weighted by atomic mass is 10.1. The number of nitrogens with one attached hydrogen (secondary N) is 3. The molecule has 27 heavy (non-hydrogen) atoms. The van der Waals surface area contributed by atoms with Gasteiger partial charge in [0.05, 0.1) is 17.2 Å². The predicted molar refractivity (Wildman–Crippen MR) is 108 cm³/mol. The molecule has 4 aromatic rings. The van der Waals surface area contributed by atoms with Crippen LogP contribution in [-0.4, -0.2) is 26.7 Å². The normalized spacial score (nSPS) is 11.1. The number of anilines is 1. The molecule has 0 unspecified atom stereocenters. The van der Waals surface area contributed by atoms with Gasteiger partial charge in [-0.15, -0.1) is 0 Å². The number of nitrogens with zero attached hydrogens (tertiary/aromatic N) is 2. The fraction of sp³-hybridized carbons (Fsp3) is 0.238. The minimum absolute atomic E-state index is 0.174. The third-order valence-electron chi connectivity index (χ3n) is 4.77. The Bertz CT molecular complexity index is 1080. The lowest BCUT2D eigenvalue weighted by Gasteiger charge is -2.25. The molecule has 0 atom stereocenters. The molecular formula is C21H23N5O. The molecule has 2 aromatic carbocycles. The molecule has 0 fully saturated rings. The fourth-order valence-electron chi connectivity index (χ4n) is 3.44. The molecule has 6 nitrogen and oxygen atoms in total. The lowest BCUT2D eigenvalue weighted by Crippen LogP contribution is -2.24. The summed E-state index contributed by atoms with van der Waals surface area (Å²) in [4.78, 5) is 19.6. The first-order valence-electron chi connectivity index (χ1n) is 9.17. The van der Waals surface area contributed by atoms with Crippen molar-refractivity contribution in [3.8, 4) is 0 Å². The summed E-state index contributed by atoms with van der Waals surface area (Å²) in [6.45, 7) is 3.86. The molecule has 0 bridgehead atoms. The zero-order valence-corrected chi connectivity index (χ0v) is 15.3. The summed E-state index contributed by atoms with van der Waals surface area (Å²) in [7, 11) is 0. The van der Waals surface area contributed by atoms with E-state index in [-0.39, 0.29) is 5.69 Å². The van der Waals surface area contributed by atoms with Crippen molar-refractivity contribution < 1.29 is 0 Å². The van der Waals surface area contributed by atoms with Crippen LogP contribution in [0, 0.1) is 6.92 Å². The Labute approximate surface area is 157 Å². The molecule has 138 valence electrons. The molecule has 4 rings (SSSR count). The van der Waals surface area contributed by atoms with Crippen LogP contribution in [0.5, 0.6) is 0 Å². The Morgan fingerprint density at radius 2 is 1.93 bits per heavy atom. The highest BCUT2D eigenvalue weighted by molar-refractivity contribution is 5.79. The van der Waals surface area contributed by atoms with Gasteiger partial charge >= 0.3 is 5.69 Å². The first kappa shape index (κ1) is 17.1. The van der Waals surface area contributed by atoms with E-state index in [1.807, 2.05) is 24.5 Å². The minimum atomic E-state index is -0.174. The molecular weight excluding hydrogens is 338 g/mol. The van der Waals surface area contributed by atoms with E-state index >= 15 is 0 Å². The van der Waals surface area contributed by atoms with Gasteiger partial charge in [0.2, 0.25) is 0 Å². The Morgan fingerprint density at radius 1 is 1.04 bits per heavy atom. The topological polar surface area (TPSA) is 80.6 Å². The summed E-state index contributed by atoms with van der Waals surface area (Å²) in [5.41, 5.74) is 6.35. The van der Waals surface area contributed by atoms with E-state index in [0.717, 1.165) is 42.7 Å². The highest BCUT2D eigenvalue weighted by Gasteiger charge is 2.10. The summed E-state index contributed by atoms with van der Waals surface area (Å²) < 4.78 is 0. The highest BCUT2D eigenvalue weighted by Crippen LogP contribution is 2.22. The van der Waals surface area contributed by atoms with E-state index in [1.54, 1.807) is 0 Å². The van der Waals surface area contributed by atoms with E-state index < -0.39 is 0 Å².